The van der Waals surface area contributed by atoms with E-state index in [-0.39, 0.29) is 0 Å². The van der Waals surface area contributed by atoms with Crippen LogP contribution >= 0.6 is 0 Å². The number of hydrogen-bond acceptors (Lipinski definition) is 6. The Balaban J connectivity index is 1.57. The first-order valence-electron chi connectivity index (χ1n) is 8.17. The van der Waals surface area contributed by atoms with Gasteiger partial charge >= 0.3 is 0 Å². The van der Waals surface area contributed by atoms with Crippen molar-refractivity contribution in [3.63, 3.8) is 0 Å². The van der Waals surface area contributed by atoms with E-state index in [0.29, 0.717) is 11.6 Å². The highest BCUT2D eigenvalue weighted by atomic mass is 15.2. The number of nitrogens with one attached hydrogen (secondary N) is 1. The van der Waals surface area contributed by atoms with Gasteiger partial charge in [-0.2, -0.15) is 5.26 Å². The van der Waals surface area contributed by atoms with Gasteiger partial charge in [0.1, 0.15) is 18.0 Å². The van der Waals surface area contributed by atoms with Crippen molar-refractivity contribution in [2.45, 2.75) is 18.9 Å². The monoisotopic (exact) mass is 322 g/mol. The van der Waals surface area contributed by atoms with E-state index in [1.54, 1.807) is 6.33 Å². The molecule has 1 aliphatic rings. The highest BCUT2D eigenvalue weighted by Gasteiger charge is 2.19. The van der Waals surface area contributed by atoms with Crippen LogP contribution in [0.5, 0.6) is 0 Å². The first-order valence-corrected chi connectivity index (χ1v) is 8.17. The number of aromatic nitrogens is 2. The van der Waals surface area contributed by atoms with Crippen molar-refractivity contribution < 1.29 is 0 Å². The molecule has 0 spiro atoms. The maximum absolute atomic E-state index is 8.88. The molecule has 3 rings (SSSR count). The third-order valence-corrected chi connectivity index (χ3v) is 4.32. The van der Waals surface area contributed by atoms with Crippen molar-refractivity contribution in [1.29, 1.82) is 5.26 Å². The van der Waals surface area contributed by atoms with E-state index in [4.69, 9.17) is 5.26 Å². The molecule has 0 amide bonds. The summed E-state index contributed by atoms with van der Waals surface area (Å²) in [7, 11) is 3.95. The SMILES string of the molecule is CN(C)c1cc(NC2CCN(c3ccc(C#N)cc3)CC2)ncn1. The van der Waals surface area contributed by atoms with Crippen LogP contribution in [0.3, 0.4) is 0 Å². The number of piperidine rings is 1. The molecular weight excluding hydrogens is 300 g/mol. The smallest absolute Gasteiger partial charge is 0.133 e. The Morgan fingerprint density at radius 3 is 2.50 bits per heavy atom. The lowest BCUT2D eigenvalue weighted by molar-refractivity contribution is 0.525. The molecule has 0 atom stereocenters. The summed E-state index contributed by atoms with van der Waals surface area (Å²) in [4.78, 5) is 12.9. The summed E-state index contributed by atoms with van der Waals surface area (Å²) in [5, 5.41) is 12.4. The molecule has 1 aromatic heterocycles. The van der Waals surface area contributed by atoms with E-state index in [1.165, 1.54) is 5.69 Å². The Morgan fingerprint density at radius 1 is 1.17 bits per heavy atom. The highest BCUT2D eigenvalue weighted by Crippen LogP contribution is 2.22. The van der Waals surface area contributed by atoms with Gasteiger partial charge in [0, 0.05) is 45.0 Å². The molecule has 1 N–H and O–H groups in total. The summed E-state index contributed by atoms with van der Waals surface area (Å²) in [6.07, 6.45) is 3.71. The van der Waals surface area contributed by atoms with E-state index in [2.05, 4.69) is 26.3 Å². The molecule has 2 heterocycles. The predicted molar refractivity (Wildman–Crippen MR) is 96.4 cm³/mol. The maximum atomic E-state index is 8.88. The van der Waals surface area contributed by atoms with Crippen molar-refractivity contribution >= 4 is 17.3 Å². The Morgan fingerprint density at radius 2 is 1.88 bits per heavy atom. The van der Waals surface area contributed by atoms with Gasteiger partial charge in [0.05, 0.1) is 11.6 Å². The van der Waals surface area contributed by atoms with E-state index >= 15 is 0 Å². The standard InChI is InChI=1S/C18H22N6/c1-23(2)18-11-17(20-13-21-18)22-15-7-9-24(10-8-15)16-5-3-14(12-19)4-6-16/h3-6,11,13,15H,7-10H2,1-2H3,(H,20,21,22). The van der Waals surface area contributed by atoms with Gasteiger partial charge in [-0.05, 0) is 37.1 Å². The Hall–Kier alpha value is -2.81. The summed E-state index contributed by atoms with van der Waals surface area (Å²) < 4.78 is 0. The fraction of sp³-hybridized carbons (Fsp3) is 0.389. The van der Waals surface area contributed by atoms with Crippen LogP contribution in [0.2, 0.25) is 0 Å². The van der Waals surface area contributed by atoms with E-state index in [9.17, 15) is 0 Å². The first-order chi connectivity index (χ1) is 11.7. The minimum absolute atomic E-state index is 0.421. The Kier molecular flexibility index (Phi) is 4.80. The Labute approximate surface area is 142 Å². The van der Waals surface area contributed by atoms with Gasteiger partial charge in [0.15, 0.2) is 0 Å². The van der Waals surface area contributed by atoms with Gasteiger partial charge in [-0.25, -0.2) is 9.97 Å². The predicted octanol–water partition coefficient (Wildman–Crippen LogP) is 2.50. The molecule has 6 nitrogen and oxygen atoms in total. The van der Waals surface area contributed by atoms with E-state index in [0.717, 1.165) is 37.6 Å². The summed E-state index contributed by atoms with van der Waals surface area (Å²) in [5.74, 6) is 1.79. The normalized spacial score (nSPS) is 15.0. The van der Waals surface area contributed by atoms with Gasteiger partial charge in [0.25, 0.3) is 0 Å². The van der Waals surface area contributed by atoms with Crippen LogP contribution in [0, 0.1) is 11.3 Å². The average Bonchev–Trinajstić information content (AvgIpc) is 2.63. The number of hydrogen-bond donors (Lipinski definition) is 1. The van der Waals surface area contributed by atoms with E-state index in [1.807, 2.05) is 49.3 Å². The molecule has 2 aromatic rings. The third-order valence-electron chi connectivity index (χ3n) is 4.32. The first kappa shape index (κ1) is 16.1. The minimum Gasteiger partial charge on any atom is -0.371 e. The zero-order valence-electron chi connectivity index (χ0n) is 14.1. The average molecular weight is 322 g/mol. The molecule has 1 saturated heterocycles. The summed E-state index contributed by atoms with van der Waals surface area (Å²) in [6.45, 7) is 1.99. The summed E-state index contributed by atoms with van der Waals surface area (Å²) >= 11 is 0. The van der Waals surface area contributed by atoms with Gasteiger partial charge in [-0.15, -0.1) is 0 Å². The summed E-state index contributed by atoms with van der Waals surface area (Å²) in [6, 6.07) is 12.4. The molecule has 1 fully saturated rings. The third kappa shape index (κ3) is 3.74. The quantitative estimate of drug-likeness (QED) is 0.933. The minimum atomic E-state index is 0.421. The number of anilines is 3. The van der Waals surface area contributed by atoms with Gasteiger partial charge in [0.2, 0.25) is 0 Å². The topological polar surface area (TPSA) is 68.1 Å². The number of rotatable bonds is 4. The molecule has 124 valence electrons. The fourth-order valence-corrected chi connectivity index (χ4v) is 2.91. The molecule has 0 aliphatic carbocycles. The van der Waals surface area contributed by atoms with Crippen LogP contribution in [0.25, 0.3) is 0 Å². The zero-order chi connectivity index (χ0) is 16.9. The lowest BCUT2D eigenvalue weighted by atomic mass is 10.0. The van der Waals surface area contributed by atoms with Crippen LogP contribution in [0.1, 0.15) is 18.4 Å². The van der Waals surface area contributed by atoms with E-state index < -0.39 is 0 Å². The number of nitrogens with zero attached hydrogens (tertiary/aromatic N) is 5. The van der Waals surface area contributed by atoms with Crippen LogP contribution in [0.15, 0.2) is 36.7 Å². The molecule has 24 heavy (non-hydrogen) atoms. The number of nitriles is 1. The molecular formula is C18H22N6. The molecule has 0 saturated carbocycles. The van der Waals surface area contributed by atoms with Crippen molar-refractivity contribution in [3.05, 3.63) is 42.2 Å². The van der Waals surface area contributed by atoms with Gasteiger partial charge in [-0.1, -0.05) is 0 Å². The Bertz CT molecular complexity index is 711. The molecule has 0 radical (unpaired) electrons. The largest absolute Gasteiger partial charge is 0.371 e. The van der Waals surface area contributed by atoms with Gasteiger partial charge in [-0.3, -0.25) is 0 Å². The molecule has 1 aliphatic heterocycles. The highest BCUT2D eigenvalue weighted by molar-refractivity contribution is 5.51. The fourth-order valence-electron chi connectivity index (χ4n) is 2.91. The molecule has 0 bridgehead atoms. The van der Waals surface area contributed by atoms with Crippen molar-refractivity contribution in [2.75, 3.05) is 42.3 Å². The second-order valence-corrected chi connectivity index (χ2v) is 6.22. The van der Waals surface area contributed by atoms with Crippen molar-refractivity contribution in [3.8, 4) is 6.07 Å². The molecule has 6 heteroatoms. The van der Waals surface area contributed by atoms with Crippen LogP contribution in [0.4, 0.5) is 17.3 Å². The second kappa shape index (κ2) is 7.18. The number of benzene rings is 1. The van der Waals surface area contributed by atoms with Crippen LogP contribution in [-0.2, 0) is 0 Å². The summed E-state index contributed by atoms with van der Waals surface area (Å²) in [5.41, 5.74) is 1.89. The lowest BCUT2D eigenvalue weighted by Gasteiger charge is -2.34. The zero-order valence-corrected chi connectivity index (χ0v) is 14.1. The van der Waals surface area contributed by atoms with Crippen LogP contribution in [-0.4, -0.2) is 43.2 Å². The lowest BCUT2D eigenvalue weighted by Crippen LogP contribution is -2.39. The van der Waals surface area contributed by atoms with Crippen molar-refractivity contribution in [1.82, 2.24) is 9.97 Å². The maximum Gasteiger partial charge on any atom is 0.133 e. The van der Waals surface area contributed by atoms with Crippen molar-refractivity contribution in [2.24, 2.45) is 0 Å². The van der Waals surface area contributed by atoms with Crippen LogP contribution < -0.4 is 15.1 Å². The van der Waals surface area contributed by atoms with Gasteiger partial charge < -0.3 is 15.1 Å². The molecule has 1 aromatic carbocycles. The molecule has 0 unspecified atom stereocenters. The second-order valence-electron chi connectivity index (χ2n) is 6.22.